The van der Waals surface area contributed by atoms with Crippen LogP contribution in [0.4, 0.5) is 8.78 Å². The minimum absolute atomic E-state index is 0.285. The van der Waals surface area contributed by atoms with Crippen LogP contribution in [0.3, 0.4) is 0 Å². The summed E-state index contributed by atoms with van der Waals surface area (Å²) in [6.07, 6.45) is 2.39. The molecular formula is C18H14F2N4O2S. The molecule has 1 aromatic heterocycles. The molecule has 6 nitrogen and oxygen atoms in total. The number of hydrogen-bond donors (Lipinski definition) is 0. The van der Waals surface area contributed by atoms with E-state index in [1.165, 1.54) is 28.5 Å². The SMILES string of the molecule is Cc1nnc(OCC2=C=C(C(=O)N3N=CCC3c3cc(F)cc(F)c3)C2)s1. The molecule has 0 fully saturated rings. The van der Waals surface area contributed by atoms with E-state index in [9.17, 15) is 13.6 Å². The zero-order chi connectivity index (χ0) is 19.0. The van der Waals surface area contributed by atoms with Crippen LogP contribution < -0.4 is 4.74 Å². The van der Waals surface area contributed by atoms with Gasteiger partial charge >= 0.3 is 0 Å². The van der Waals surface area contributed by atoms with Crippen molar-refractivity contribution in [2.24, 2.45) is 5.10 Å². The lowest BCUT2D eigenvalue weighted by molar-refractivity contribution is -0.129. The fraction of sp³-hybridized carbons (Fsp3) is 0.278. The van der Waals surface area contributed by atoms with Crippen LogP contribution >= 0.6 is 11.3 Å². The first-order chi connectivity index (χ1) is 13.0. The Bertz CT molecular complexity index is 990. The van der Waals surface area contributed by atoms with Crippen LogP contribution in [0.15, 0.2) is 40.2 Å². The predicted octanol–water partition coefficient (Wildman–Crippen LogP) is 3.32. The summed E-state index contributed by atoms with van der Waals surface area (Å²) in [6.45, 7) is 2.12. The Morgan fingerprint density at radius 1 is 1.33 bits per heavy atom. The third kappa shape index (κ3) is 3.65. The van der Waals surface area contributed by atoms with Gasteiger partial charge in [-0.25, -0.2) is 13.8 Å². The van der Waals surface area contributed by atoms with Gasteiger partial charge in [-0.15, -0.1) is 15.9 Å². The van der Waals surface area contributed by atoms with Crippen molar-refractivity contribution in [3.05, 3.63) is 57.3 Å². The number of aryl methyl sites for hydroxylation is 1. The number of hydrogen-bond acceptors (Lipinski definition) is 6. The summed E-state index contributed by atoms with van der Waals surface area (Å²) in [6, 6.07) is 2.71. The molecule has 0 N–H and O–H groups in total. The third-order valence-electron chi connectivity index (χ3n) is 4.16. The molecule has 2 aliphatic rings. The highest BCUT2D eigenvalue weighted by Gasteiger charge is 2.33. The van der Waals surface area contributed by atoms with Gasteiger partial charge in [0.2, 0.25) is 0 Å². The minimum Gasteiger partial charge on any atom is -0.464 e. The van der Waals surface area contributed by atoms with Gasteiger partial charge in [-0.05, 0) is 24.6 Å². The number of hydrazone groups is 1. The number of benzene rings is 1. The highest BCUT2D eigenvalue weighted by Crippen LogP contribution is 2.33. The van der Waals surface area contributed by atoms with Gasteiger partial charge in [0.25, 0.3) is 11.1 Å². The average Bonchev–Trinajstić information content (AvgIpc) is 3.21. The first kappa shape index (κ1) is 17.5. The molecule has 27 heavy (non-hydrogen) atoms. The molecule has 0 bridgehead atoms. The maximum Gasteiger partial charge on any atom is 0.294 e. The lowest BCUT2D eigenvalue weighted by Gasteiger charge is -2.25. The number of ether oxygens (including phenoxy) is 1. The van der Waals surface area contributed by atoms with Crippen molar-refractivity contribution in [1.29, 1.82) is 0 Å². The van der Waals surface area contributed by atoms with E-state index in [1.54, 1.807) is 6.21 Å². The summed E-state index contributed by atoms with van der Waals surface area (Å²) in [7, 11) is 0. The van der Waals surface area contributed by atoms with Crippen molar-refractivity contribution in [3.8, 4) is 5.19 Å². The van der Waals surface area contributed by atoms with Gasteiger partial charge in [0.1, 0.15) is 23.2 Å². The summed E-state index contributed by atoms with van der Waals surface area (Å²) in [4.78, 5) is 12.7. The van der Waals surface area contributed by atoms with Crippen LogP contribution in [0, 0.1) is 18.6 Å². The maximum absolute atomic E-state index is 13.5. The minimum atomic E-state index is -0.682. The highest BCUT2D eigenvalue weighted by atomic mass is 32.1. The highest BCUT2D eigenvalue weighted by molar-refractivity contribution is 7.12. The molecule has 0 saturated carbocycles. The molecule has 2 aromatic rings. The van der Waals surface area contributed by atoms with E-state index in [-0.39, 0.29) is 12.5 Å². The number of carbonyl (C=O) groups excluding carboxylic acids is 1. The molecule has 1 aromatic carbocycles. The molecule has 138 valence electrons. The second-order valence-electron chi connectivity index (χ2n) is 6.16. The Balaban J connectivity index is 1.46. The molecular weight excluding hydrogens is 374 g/mol. The zero-order valence-electron chi connectivity index (χ0n) is 14.3. The van der Waals surface area contributed by atoms with Gasteiger partial charge in [0, 0.05) is 30.7 Å². The van der Waals surface area contributed by atoms with E-state index in [0.717, 1.165) is 16.6 Å². The normalized spacial score (nSPS) is 18.2. The monoisotopic (exact) mass is 388 g/mol. The first-order valence-electron chi connectivity index (χ1n) is 8.22. The molecule has 1 aliphatic heterocycles. The van der Waals surface area contributed by atoms with Gasteiger partial charge < -0.3 is 4.74 Å². The van der Waals surface area contributed by atoms with E-state index in [4.69, 9.17) is 4.74 Å². The number of rotatable bonds is 5. The van der Waals surface area contributed by atoms with Crippen LogP contribution in [0.2, 0.25) is 0 Å². The van der Waals surface area contributed by atoms with Crippen molar-refractivity contribution in [2.45, 2.75) is 25.8 Å². The summed E-state index contributed by atoms with van der Waals surface area (Å²) in [5.41, 5.74) is 4.65. The number of halogens is 2. The molecule has 1 unspecified atom stereocenters. The quantitative estimate of drug-likeness (QED) is 0.737. The van der Waals surface area contributed by atoms with E-state index in [0.29, 0.717) is 29.2 Å². The van der Waals surface area contributed by atoms with E-state index >= 15 is 0 Å². The van der Waals surface area contributed by atoms with Gasteiger partial charge in [-0.2, -0.15) is 5.10 Å². The summed E-state index contributed by atoms with van der Waals surface area (Å²) < 4.78 is 32.5. The van der Waals surface area contributed by atoms with E-state index in [1.807, 2.05) is 6.92 Å². The average molecular weight is 388 g/mol. The van der Waals surface area contributed by atoms with E-state index in [2.05, 4.69) is 21.0 Å². The van der Waals surface area contributed by atoms with Gasteiger partial charge in [0.05, 0.1) is 11.6 Å². The van der Waals surface area contributed by atoms with Crippen molar-refractivity contribution in [2.75, 3.05) is 6.61 Å². The molecule has 1 aliphatic carbocycles. The molecule has 4 rings (SSSR count). The number of aromatic nitrogens is 2. The Morgan fingerprint density at radius 3 is 2.74 bits per heavy atom. The second kappa shape index (κ2) is 7.02. The first-order valence-corrected chi connectivity index (χ1v) is 9.03. The van der Waals surface area contributed by atoms with Crippen LogP contribution in [-0.4, -0.2) is 33.9 Å². The topological polar surface area (TPSA) is 67.7 Å². The molecule has 1 amide bonds. The lowest BCUT2D eigenvalue weighted by atomic mass is 9.96. The van der Waals surface area contributed by atoms with Crippen LogP contribution in [0.5, 0.6) is 5.19 Å². The summed E-state index contributed by atoms with van der Waals surface area (Å²) in [5.74, 6) is -1.69. The van der Waals surface area contributed by atoms with Gasteiger partial charge in [-0.1, -0.05) is 11.3 Å². The Labute approximate surface area is 157 Å². The number of amides is 1. The fourth-order valence-corrected chi connectivity index (χ4v) is 3.44. The van der Waals surface area contributed by atoms with Crippen molar-refractivity contribution in [1.82, 2.24) is 15.2 Å². The molecule has 2 heterocycles. The van der Waals surface area contributed by atoms with Gasteiger partial charge in [-0.3, -0.25) is 4.79 Å². The Morgan fingerprint density at radius 2 is 2.07 bits per heavy atom. The zero-order valence-corrected chi connectivity index (χ0v) is 15.1. The second-order valence-corrected chi connectivity index (χ2v) is 7.31. The molecule has 1 atom stereocenters. The number of nitrogens with zero attached hydrogens (tertiary/aromatic N) is 4. The van der Waals surface area contributed by atoms with Crippen LogP contribution in [-0.2, 0) is 4.79 Å². The van der Waals surface area contributed by atoms with Crippen molar-refractivity contribution in [3.63, 3.8) is 0 Å². The lowest BCUT2D eigenvalue weighted by Crippen LogP contribution is -2.30. The summed E-state index contributed by atoms with van der Waals surface area (Å²) >= 11 is 1.34. The molecule has 9 heteroatoms. The van der Waals surface area contributed by atoms with Crippen LogP contribution in [0.1, 0.15) is 29.5 Å². The predicted molar refractivity (Wildman–Crippen MR) is 94.4 cm³/mol. The maximum atomic E-state index is 13.5. The van der Waals surface area contributed by atoms with Crippen molar-refractivity contribution < 1.29 is 18.3 Å². The van der Waals surface area contributed by atoms with Crippen molar-refractivity contribution >= 4 is 23.5 Å². The molecule has 0 radical (unpaired) electrons. The van der Waals surface area contributed by atoms with Crippen LogP contribution in [0.25, 0.3) is 0 Å². The number of carbonyl (C=O) groups is 1. The molecule has 0 saturated heterocycles. The fourth-order valence-electron chi connectivity index (χ4n) is 2.90. The largest absolute Gasteiger partial charge is 0.464 e. The van der Waals surface area contributed by atoms with E-state index < -0.39 is 17.7 Å². The summed E-state index contributed by atoms with van der Waals surface area (Å²) in [5, 5.41) is 14.3. The Hall–Kier alpha value is -2.90. The third-order valence-corrected chi connectivity index (χ3v) is 4.91. The molecule has 0 spiro atoms. The van der Waals surface area contributed by atoms with Gasteiger partial charge in [0.15, 0.2) is 0 Å². The standard InChI is InChI=1S/C18H14F2N4O2S/c1-10-22-23-18(27-10)26-9-11-4-13(5-11)17(25)24-16(2-3-21-24)12-6-14(19)8-15(20)7-12/h3,6-8,16H,2,4,9H2,1H3. The smallest absolute Gasteiger partial charge is 0.294 e. The Kier molecular flexibility index (Phi) is 4.55.